The second-order valence-electron chi connectivity index (χ2n) is 5.48. The summed E-state index contributed by atoms with van der Waals surface area (Å²) in [6, 6.07) is 0. The lowest BCUT2D eigenvalue weighted by atomic mass is 9.70. The Bertz CT molecular complexity index is 417. The molecule has 5 nitrogen and oxygen atoms in total. The molecule has 2 saturated carbocycles. The Balaban J connectivity index is 2.39. The third-order valence-electron chi connectivity index (χ3n) is 4.84. The zero-order chi connectivity index (χ0) is 13.1. The minimum absolute atomic E-state index is 0.0601. The van der Waals surface area contributed by atoms with Crippen molar-refractivity contribution in [1.82, 2.24) is 0 Å². The average Bonchev–Trinajstić information content (AvgIpc) is 2.55. The molecule has 97 valence electrons. The number of carbonyl (C=O) groups excluding carboxylic acids is 1. The molecule has 3 N–H and O–H groups in total. The monoisotopic (exact) mass is 326 g/mol. The maximum absolute atomic E-state index is 12.2. The highest BCUT2D eigenvalue weighted by Crippen LogP contribution is 2.66. The molecule has 0 aliphatic heterocycles. The van der Waals surface area contributed by atoms with Crippen LogP contribution >= 0.6 is 15.9 Å². The number of carbonyl (C=O) groups is 1. The molecule has 0 aromatic rings. The third-order valence-corrected chi connectivity index (χ3v) is 7.20. The summed E-state index contributed by atoms with van der Waals surface area (Å²) in [7, 11) is -3.66. The van der Waals surface area contributed by atoms with Crippen LogP contribution in [-0.4, -0.2) is 16.4 Å². The number of quaternary nitrogens is 1. The Morgan fingerprint density at radius 3 is 2.59 bits per heavy atom. The predicted molar refractivity (Wildman–Crippen MR) is 64.2 cm³/mol. The molecule has 7 heteroatoms. The topological polar surface area (TPSA) is 90.9 Å². The number of Topliss-reactive ketones (excluding diaryl/α,β-unsaturated/α-hetero) is 1. The van der Waals surface area contributed by atoms with Gasteiger partial charge in [-0.15, -0.1) is 0 Å². The highest BCUT2D eigenvalue weighted by atomic mass is 79.9. The first-order valence-corrected chi connectivity index (χ1v) is 8.02. The van der Waals surface area contributed by atoms with Crippen LogP contribution in [-0.2, 0) is 28.3 Å². The van der Waals surface area contributed by atoms with E-state index in [9.17, 15) is 13.6 Å². The maximum atomic E-state index is 12.2. The van der Waals surface area contributed by atoms with Crippen LogP contribution in [0.1, 0.15) is 26.7 Å². The fraction of sp³-hybridized carbons (Fsp3) is 0.900. The molecule has 0 saturated heterocycles. The van der Waals surface area contributed by atoms with Gasteiger partial charge in [-0.05, 0) is 23.0 Å². The van der Waals surface area contributed by atoms with E-state index >= 15 is 0 Å². The molecule has 2 aliphatic carbocycles. The molecule has 0 heterocycles. The van der Waals surface area contributed by atoms with Gasteiger partial charge in [0.15, 0.2) is 11.5 Å². The van der Waals surface area contributed by atoms with E-state index in [1.54, 1.807) is 0 Å². The van der Waals surface area contributed by atoms with Gasteiger partial charge < -0.3 is 0 Å². The minimum atomic E-state index is -3.66. The van der Waals surface area contributed by atoms with E-state index in [2.05, 4.69) is 26.1 Å². The van der Waals surface area contributed by atoms with Gasteiger partial charge in [0.05, 0.1) is 9.38 Å². The molecular formula is C10H17BrNO4S+2. The van der Waals surface area contributed by atoms with Crippen molar-refractivity contribution in [3.63, 3.8) is 0 Å². The van der Waals surface area contributed by atoms with Gasteiger partial charge in [-0.1, -0.05) is 29.8 Å². The van der Waals surface area contributed by atoms with Gasteiger partial charge in [0, 0.05) is 15.1 Å². The number of hydrogen-bond donors (Lipinski definition) is 1. The SMILES string of the molecule is C[C@]12CC[C@H]([C@H](Br)C1=O)[C@]2(C)C[S+]([O])(=O)O[NH3+]. The van der Waals surface area contributed by atoms with Crippen molar-refractivity contribution in [2.75, 3.05) is 5.75 Å². The lowest BCUT2D eigenvalue weighted by Crippen LogP contribution is -2.55. The molecule has 0 amide bonds. The summed E-state index contributed by atoms with van der Waals surface area (Å²) in [5.74, 6) is 3.02. The first-order chi connectivity index (χ1) is 7.68. The van der Waals surface area contributed by atoms with E-state index in [1.165, 1.54) is 0 Å². The summed E-state index contributed by atoms with van der Waals surface area (Å²) >= 11 is 3.40. The molecule has 0 spiro atoms. The van der Waals surface area contributed by atoms with Crippen LogP contribution in [0.5, 0.6) is 0 Å². The molecular weight excluding hydrogens is 310 g/mol. The Morgan fingerprint density at radius 2 is 2.18 bits per heavy atom. The van der Waals surface area contributed by atoms with Gasteiger partial charge in [-0.3, -0.25) is 4.79 Å². The van der Waals surface area contributed by atoms with E-state index in [-0.39, 0.29) is 22.3 Å². The lowest BCUT2D eigenvalue weighted by Gasteiger charge is -2.32. The second-order valence-corrected chi connectivity index (χ2v) is 8.11. The van der Waals surface area contributed by atoms with Crippen molar-refractivity contribution in [2.24, 2.45) is 16.7 Å². The third kappa shape index (κ3) is 1.67. The van der Waals surface area contributed by atoms with Gasteiger partial charge in [0.25, 0.3) is 0 Å². The molecule has 2 rings (SSSR count). The van der Waals surface area contributed by atoms with E-state index in [0.29, 0.717) is 0 Å². The first-order valence-electron chi connectivity index (χ1n) is 5.53. The highest BCUT2D eigenvalue weighted by molar-refractivity contribution is 9.10. The van der Waals surface area contributed by atoms with Crippen LogP contribution in [0.3, 0.4) is 0 Å². The van der Waals surface area contributed by atoms with Gasteiger partial charge in [0.1, 0.15) is 0 Å². The van der Waals surface area contributed by atoms with E-state index in [1.807, 2.05) is 13.8 Å². The Hall–Kier alpha value is 0.180. The molecule has 2 fully saturated rings. The van der Waals surface area contributed by atoms with Crippen molar-refractivity contribution in [3.05, 3.63) is 0 Å². The zero-order valence-electron chi connectivity index (χ0n) is 9.90. The summed E-state index contributed by atoms with van der Waals surface area (Å²) < 4.78 is 27.5. The number of ketones is 1. The summed E-state index contributed by atoms with van der Waals surface area (Å²) in [5, 5.41) is 0. The normalized spacial score (nSPS) is 48.4. The number of halogens is 1. The fourth-order valence-corrected chi connectivity index (χ4v) is 6.20. The first kappa shape index (κ1) is 13.6. The molecule has 5 atom stereocenters. The Morgan fingerprint density at radius 1 is 1.59 bits per heavy atom. The molecule has 2 aliphatic rings. The lowest BCUT2D eigenvalue weighted by molar-refractivity contribution is -0.637. The quantitative estimate of drug-likeness (QED) is 0.470. The van der Waals surface area contributed by atoms with Crippen LogP contribution in [0.2, 0.25) is 0 Å². The fourth-order valence-electron chi connectivity index (χ4n) is 3.49. The van der Waals surface area contributed by atoms with Crippen LogP contribution in [0, 0.1) is 16.7 Å². The van der Waals surface area contributed by atoms with Gasteiger partial charge in [-0.2, -0.15) is 5.90 Å². The van der Waals surface area contributed by atoms with Crippen LogP contribution in [0.25, 0.3) is 0 Å². The van der Waals surface area contributed by atoms with Crippen LogP contribution in [0.4, 0.5) is 0 Å². The average molecular weight is 327 g/mol. The van der Waals surface area contributed by atoms with Crippen LogP contribution in [0.15, 0.2) is 0 Å². The molecule has 1 unspecified atom stereocenters. The number of rotatable bonds is 3. The number of fused-ring (bicyclic) bond motifs is 2. The van der Waals surface area contributed by atoms with Crippen molar-refractivity contribution < 1.29 is 23.7 Å². The van der Waals surface area contributed by atoms with Crippen molar-refractivity contribution in [1.29, 1.82) is 0 Å². The van der Waals surface area contributed by atoms with E-state index in [4.69, 9.17) is 0 Å². The number of hydrogen-bond acceptors (Lipinski definition) is 3. The Kier molecular flexibility index (Phi) is 3.07. The summed E-state index contributed by atoms with van der Waals surface area (Å²) in [4.78, 5) is 11.9. The van der Waals surface area contributed by atoms with Gasteiger partial charge in [0.2, 0.25) is 0 Å². The summed E-state index contributed by atoms with van der Waals surface area (Å²) in [5.41, 5.74) is -1.13. The standard InChI is InChI=1S/C10H17BrNO4S/c1-9-4-3-6(7(11)8(9)13)10(9,2)5-17(14,15)16-12/h6-7H,3-5H2,1-2,12H3/q+2/t6-,7+,9+,10+/m1/s1. The van der Waals surface area contributed by atoms with E-state index in [0.717, 1.165) is 12.8 Å². The largest absolute Gasteiger partial charge is 0.449 e. The van der Waals surface area contributed by atoms with Crippen molar-refractivity contribution in [2.45, 2.75) is 31.5 Å². The van der Waals surface area contributed by atoms with Gasteiger partial charge >= 0.3 is 10.5 Å². The van der Waals surface area contributed by atoms with Crippen molar-refractivity contribution >= 4 is 32.2 Å². The minimum Gasteiger partial charge on any atom is -0.298 e. The summed E-state index contributed by atoms with van der Waals surface area (Å²) in [6.07, 6.45) is 1.63. The van der Waals surface area contributed by atoms with E-state index < -0.39 is 21.3 Å². The maximum Gasteiger partial charge on any atom is 0.449 e. The molecule has 1 radical (unpaired) electrons. The Labute approximate surface area is 110 Å². The zero-order valence-corrected chi connectivity index (χ0v) is 12.3. The smallest absolute Gasteiger partial charge is 0.298 e. The molecule has 0 aromatic heterocycles. The number of alkyl halides is 1. The second kappa shape index (κ2) is 3.84. The predicted octanol–water partition coefficient (Wildman–Crippen LogP) is 0.689. The van der Waals surface area contributed by atoms with Crippen LogP contribution < -0.4 is 5.90 Å². The van der Waals surface area contributed by atoms with Crippen molar-refractivity contribution in [3.8, 4) is 0 Å². The molecule has 2 bridgehead atoms. The summed E-state index contributed by atoms with van der Waals surface area (Å²) in [6.45, 7) is 3.75. The molecule has 17 heavy (non-hydrogen) atoms. The highest BCUT2D eigenvalue weighted by Gasteiger charge is 2.71. The van der Waals surface area contributed by atoms with Gasteiger partial charge in [-0.25, -0.2) is 0 Å². The molecule has 0 aromatic carbocycles.